The van der Waals surface area contributed by atoms with Crippen molar-refractivity contribution in [3.8, 4) is 0 Å². The largest absolute Gasteiger partial charge is 0.298 e. The third-order valence-electron chi connectivity index (χ3n) is 4.39. The number of hydrogen-bond acceptors (Lipinski definition) is 6. The van der Waals surface area contributed by atoms with Crippen LogP contribution in [-0.4, -0.2) is 26.3 Å². The summed E-state index contributed by atoms with van der Waals surface area (Å²) >= 11 is 2.90. The number of para-hydroxylation sites is 2. The summed E-state index contributed by atoms with van der Waals surface area (Å²) < 4.78 is 0. The summed E-state index contributed by atoms with van der Waals surface area (Å²) in [4.78, 5) is 32.0. The molecule has 1 atom stereocenters. The van der Waals surface area contributed by atoms with Crippen LogP contribution in [0.1, 0.15) is 19.0 Å². The van der Waals surface area contributed by atoms with Crippen LogP contribution in [0.2, 0.25) is 0 Å². The van der Waals surface area contributed by atoms with Gasteiger partial charge in [-0.2, -0.15) is 0 Å². The van der Waals surface area contributed by atoms with Gasteiger partial charge in [-0.1, -0.05) is 54.7 Å². The van der Waals surface area contributed by atoms with Crippen molar-refractivity contribution < 1.29 is 4.79 Å². The number of aryl methyl sites for hydroxylation is 1. The Kier molecular flexibility index (Phi) is 5.23. The summed E-state index contributed by atoms with van der Waals surface area (Å²) in [6.07, 6.45) is 0.592. The van der Waals surface area contributed by atoms with Crippen LogP contribution in [0.15, 0.2) is 68.3 Å². The second kappa shape index (κ2) is 7.81. The smallest absolute Gasteiger partial charge is 0.273 e. The summed E-state index contributed by atoms with van der Waals surface area (Å²) in [5.74, 6) is -0.0454. The van der Waals surface area contributed by atoms with Crippen molar-refractivity contribution in [2.75, 3.05) is 4.90 Å². The van der Waals surface area contributed by atoms with E-state index in [4.69, 9.17) is 0 Å². The Hall–Kier alpha value is -2.58. The lowest BCUT2D eigenvalue weighted by molar-refractivity contribution is -0.117. The first kappa shape index (κ1) is 18.8. The number of H-pyrrole nitrogens is 1. The standard InChI is InChI=1S/C20H18N4O2S2/c1-3-15(28-20-21-18(25)12(2)22-23-20)19(26)24-13-8-4-6-10-16(13)27-17-11-7-5-9-14(17)24/h4-11,15H,3H2,1-2H3,(H,21,23,25). The van der Waals surface area contributed by atoms with Gasteiger partial charge in [-0.15, -0.1) is 10.2 Å². The van der Waals surface area contributed by atoms with Crippen LogP contribution in [-0.2, 0) is 4.79 Å². The molecule has 0 bridgehead atoms. The van der Waals surface area contributed by atoms with Crippen LogP contribution in [0.25, 0.3) is 0 Å². The van der Waals surface area contributed by atoms with Gasteiger partial charge >= 0.3 is 0 Å². The number of hydrogen-bond donors (Lipinski definition) is 1. The summed E-state index contributed by atoms with van der Waals surface area (Å²) in [5.41, 5.74) is 1.77. The highest BCUT2D eigenvalue weighted by Gasteiger charge is 2.32. The lowest BCUT2D eigenvalue weighted by Crippen LogP contribution is -2.36. The van der Waals surface area contributed by atoms with E-state index in [2.05, 4.69) is 15.2 Å². The second-order valence-corrected chi connectivity index (χ2v) is 8.55. The number of aromatic amines is 1. The van der Waals surface area contributed by atoms with Gasteiger partial charge in [-0.3, -0.25) is 19.5 Å². The van der Waals surface area contributed by atoms with Crippen molar-refractivity contribution in [2.45, 2.75) is 40.5 Å². The fraction of sp³-hybridized carbons (Fsp3) is 0.200. The number of thioether (sulfide) groups is 1. The SMILES string of the molecule is CCC(Sc1nnc(C)c(=O)[nH]1)C(=O)N1c2ccccc2Sc2ccccc21. The number of nitrogens with zero attached hydrogens (tertiary/aromatic N) is 3. The molecule has 0 fully saturated rings. The molecule has 142 valence electrons. The van der Waals surface area contributed by atoms with Crippen LogP contribution in [0.5, 0.6) is 0 Å². The highest BCUT2D eigenvalue weighted by Crippen LogP contribution is 2.48. The zero-order chi connectivity index (χ0) is 19.7. The molecule has 1 aliphatic heterocycles. The van der Waals surface area contributed by atoms with Gasteiger partial charge in [0, 0.05) is 9.79 Å². The third kappa shape index (κ3) is 3.45. The maximum absolute atomic E-state index is 13.6. The molecule has 0 aliphatic carbocycles. The van der Waals surface area contributed by atoms with Gasteiger partial charge in [-0.05, 0) is 37.6 Å². The summed E-state index contributed by atoms with van der Waals surface area (Å²) in [6, 6.07) is 15.8. The Labute approximate surface area is 170 Å². The number of amides is 1. The van der Waals surface area contributed by atoms with E-state index < -0.39 is 5.25 Å². The first-order valence-electron chi connectivity index (χ1n) is 8.88. The fourth-order valence-corrected chi connectivity index (χ4v) is 4.90. The van der Waals surface area contributed by atoms with E-state index in [1.807, 2.05) is 55.5 Å². The normalized spacial score (nSPS) is 13.6. The number of aromatic nitrogens is 3. The molecule has 28 heavy (non-hydrogen) atoms. The number of benzene rings is 2. The maximum atomic E-state index is 13.6. The van der Waals surface area contributed by atoms with Gasteiger partial charge in [0.2, 0.25) is 5.91 Å². The molecule has 0 radical (unpaired) electrons. The van der Waals surface area contributed by atoms with Gasteiger partial charge in [0.15, 0.2) is 5.16 Å². The van der Waals surface area contributed by atoms with Gasteiger partial charge in [0.25, 0.3) is 5.56 Å². The minimum Gasteiger partial charge on any atom is -0.298 e. The van der Waals surface area contributed by atoms with Gasteiger partial charge in [-0.25, -0.2) is 0 Å². The van der Waals surface area contributed by atoms with E-state index in [1.165, 1.54) is 11.8 Å². The Morgan fingerprint density at radius 2 is 1.71 bits per heavy atom. The van der Waals surface area contributed by atoms with E-state index in [0.717, 1.165) is 21.2 Å². The van der Waals surface area contributed by atoms with Crippen molar-refractivity contribution in [3.63, 3.8) is 0 Å². The predicted octanol–water partition coefficient (Wildman–Crippen LogP) is 4.17. The molecular formula is C20H18N4O2S2. The van der Waals surface area contributed by atoms with Gasteiger partial charge in [0.05, 0.1) is 16.6 Å². The van der Waals surface area contributed by atoms with E-state index in [9.17, 15) is 9.59 Å². The minimum atomic E-state index is -0.406. The first-order chi connectivity index (χ1) is 13.6. The average molecular weight is 411 g/mol. The molecule has 1 aliphatic rings. The molecule has 2 heterocycles. The fourth-order valence-electron chi connectivity index (χ4n) is 2.96. The van der Waals surface area contributed by atoms with Crippen LogP contribution < -0.4 is 10.5 Å². The van der Waals surface area contributed by atoms with Crippen molar-refractivity contribution in [1.29, 1.82) is 0 Å². The molecule has 1 unspecified atom stereocenters. The first-order valence-corrected chi connectivity index (χ1v) is 10.6. The van der Waals surface area contributed by atoms with Crippen molar-refractivity contribution in [1.82, 2.24) is 15.2 Å². The predicted molar refractivity (Wildman–Crippen MR) is 111 cm³/mol. The van der Waals surface area contributed by atoms with Crippen LogP contribution in [0.3, 0.4) is 0 Å². The average Bonchev–Trinajstić information content (AvgIpc) is 2.72. The van der Waals surface area contributed by atoms with E-state index in [-0.39, 0.29) is 11.5 Å². The molecule has 8 heteroatoms. The Bertz CT molecular complexity index is 1050. The number of rotatable bonds is 4. The van der Waals surface area contributed by atoms with Crippen molar-refractivity contribution in [2.24, 2.45) is 0 Å². The molecule has 0 saturated heterocycles. The quantitative estimate of drug-likeness (QED) is 0.650. The molecule has 4 rings (SSSR count). The zero-order valence-corrected chi connectivity index (χ0v) is 17.0. The van der Waals surface area contributed by atoms with Gasteiger partial charge in [0.1, 0.15) is 5.69 Å². The lowest BCUT2D eigenvalue weighted by atomic mass is 10.2. The van der Waals surface area contributed by atoms with Crippen LogP contribution in [0.4, 0.5) is 11.4 Å². The second-order valence-electron chi connectivity index (χ2n) is 6.27. The molecule has 3 aromatic rings. The highest BCUT2D eigenvalue weighted by molar-refractivity contribution is 8.00. The molecule has 1 N–H and O–H groups in total. The maximum Gasteiger partial charge on any atom is 0.273 e. The minimum absolute atomic E-state index is 0.0454. The molecule has 0 spiro atoms. The monoisotopic (exact) mass is 410 g/mol. The zero-order valence-electron chi connectivity index (χ0n) is 15.4. The summed E-state index contributed by atoms with van der Waals surface area (Å²) in [6.45, 7) is 3.55. The number of carbonyl (C=O) groups excluding carboxylic acids is 1. The van der Waals surface area contributed by atoms with Gasteiger partial charge < -0.3 is 0 Å². The van der Waals surface area contributed by atoms with Crippen LogP contribution in [0, 0.1) is 6.92 Å². The molecule has 0 saturated carbocycles. The molecular weight excluding hydrogens is 392 g/mol. The Morgan fingerprint density at radius 3 is 2.29 bits per heavy atom. The Morgan fingerprint density at radius 1 is 1.11 bits per heavy atom. The number of anilines is 2. The molecule has 6 nitrogen and oxygen atoms in total. The number of nitrogens with one attached hydrogen (secondary N) is 1. The van der Waals surface area contributed by atoms with Crippen LogP contribution >= 0.6 is 23.5 Å². The molecule has 2 aromatic carbocycles. The number of fused-ring (bicyclic) bond motifs is 2. The Balaban J connectivity index is 1.71. The van der Waals surface area contributed by atoms with E-state index in [0.29, 0.717) is 17.3 Å². The molecule has 1 amide bonds. The summed E-state index contributed by atoms with van der Waals surface area (Å²) in [5, 5.41) is 7.84. The highest BCUT2D eigenvalue weighted by atomic mass is 32.2. The lowest BCUT2D eigenvalue weighted by Gasteiger charge is -2.33. The van der Waals surface area contributed by atoms with E-state index >= 15 is 0 Å². The van der Waals surface area contributed by atoms with Crippen molar-refractivity contribution in [3.05, 3.63) is 64.6 Å². The molecule has 1 aromatic heterocycles. The third-order valence-corrected chi connectivity index (χ3v) is 6.75. The number of carbonyl (C=O) groups is 1. The summed E-state index contributed by atoms with van der Waals surface area (Å²) in [7, 11) is 0. The topological polar surface area (TPSA) is 79.0 Å². The van der Waals surface area contributed by atoms with E-state index in [1.54, 1.807) is 23.6 Å². The van der Waals surface area contributed by atoms with Crippen molar-refractivity contribution >= 4 is 40.8 Å².